The van der Waals surface area contributed by atoms with Gasteiger partial charge in [0.2, 0.25) is 0 Å². The van der Waals surface area contributed by atoms with Crippen molar-refractivity contribution in [2.24, 2.45) is 0 Å². The molecule has 0 amide bonds. The Labute approximate surface area is 504 Å². The number of unbranched alkanes of at least 4 members (excludes halogenated alkanes) is 19. The van der Waals surface area contributed by atoms with Crippen LogP contribution in [-0.4, -0.2) is 37.2 Å². The Morgan fingerprint density at radius 2 is 0.476 bits per heavy atom. The Morgan fingerprint density at radius 3 is 0.793 bits per heavy atom. The molecule has 6 heteroatoms. The molecule has 0 aromatic rings. The Bertz CT molecular complexity index is 1870. The molecule has 0 N–H and O–H groups in total. The topological polar surface area (TPSA) is 78.9 Å². The van der Waals surface area contributed by atoms with Gasteiger partial charge in [0.05, 0.1) is 0 Å². The van der Waals surface area contributed by atoms with Crippen LogP contribution in [0.4, 0.5) is 0 Å². The highest BCUT2D eigenvalue weighted by atomic mass is 16.6. The fraction of sp³-hybridized carbons (Fsp3) is 0.592. The summed E-state index contributed by atoms with van der Waals surface area (Å²) in [6.45, 7) is 6.34. The molecule has 0 rings (SSSR count). The molecule has 0 saturated carbocycles. The normalized spacial score (nSPS) is 13.3. The minimum Gasteiger partial charge on any atom is -0.462 e. The first-order chi connectivity index (χ1) is 40.5. The van der Waals surface area contributed by atoms with Gasteiger partial charge in [-0.05, 0) is 154 Å². The van der Waals surface area contributed by atoms with Crippen LogP contribution in [0, 0.1) is 0 Å². The Kier molecular flexibility index (Phi) is 63.9. The first-order valence-electron chi connectivity index (χ1n) is 33.1. The van der Waals surface area contributed by atoms with E-state index in [0.717, 1.165) is 141 Å². The van der Waals surface area contributed by atoms with Crippen LogP contribution in [0.15, 0.2) is 170 Å². The third-order valence-electron chi connectivity index (χ3n) is 13.4. The molecular weight excluding hydrogens is 1010 g/mol. The van der Waals surface area contributed by atoms with Gasteiger partial charge < -0.3 is 14.2 Å². The molecule has 0 aliphatic rings. The Hall–Kier alpha value is -5.23. The minimum atomic E-state index is -0.828. The summed E-state index contributed by atoms with van der Waals surface area (Å²) in [5, 5.41) is 0. The minimum absolute atomic E-state index is 0.116. The lowest BCUT2D eigenvalue weighted by Crippen LogP contribution is -2.30. The number of carbonyl (C=O) groups is 3. The highest BCUT2D eigenvalue weighted by Gasteiger charge is 2.19. The molecule has 0 aliphatic carbocycles. The van der Waals surface area contributed by atoms with Crippen molar-refractivity contribution in [3.05, 3.63) is 170 Å². The highest BCUT2D eigenvalue weighted by molar-refractivity contribution is 5.71. The van der Waals surface area contributed by atoms with Crippen molar-refractivity contribution in [2.45, 2.75) is 277 Å². The summed E-state index contributed by atoms with van der Waals surface area (Å²) < 4.78 is 16.9. The van der Waals surface area contributed by atoms with Gasteiger partial charge in [0.15, 0.2) is 6.10 Å². The van der Waals surface area contributed by atoms with Crippen molar-refractivity contribution < 1.29 is 28.6 Å². The van der Waals surface area contributed by atoms with Crippen LogP contribution in [0.25, 0.3) is 0 Å². The number of ether oxygens (including phenoxy) is 3. The Balaban J connectivity index is 4.57. The van der Waals surface area contributed by atoms with Gasteiger partial charge in [0, 0.05) is 19.3 Å². The molecular formula is C76H120O6. The lowest BCUT2D eigenvalue weighted by Gasteiger charge is -2.18. The zero-order valence-corrected chi connectivity index (χ0v) is 52.7. The van der Waals surface area contributed by atoms with Crippen LogP contribution in [0.1, 0.15) is 271 Å². The van der Waals surface area contributed by atoms with Crippen LogP contribution in [0.5, 0.6) is 0 Å². The number of hydrogen-bond acceptors (Lipinski definition) is 6. The maximum atomic E-state index is 12.9. The molecule has 0 spiro atoms. The number of esters is 3. The van der Waals surface area contributed by atoms with Gasteiger partial charge in [0.1, 0.15) is 13.2 Å². The van der Waals surface area contributed by atoms with Crippen LogP contribution in [-0.2, 0) is 28.6 Å². The fourth-order valence-corrected chi connectivity index (χ4v) is 8.54. The molecule has 1 unspecified atom stereocenters. The fourth-order valence-electron chi connectivity index (χ4n) is 8.54. The van der Waals surface area contributed by atoms with Crippen molar-refractivity contribution in [3.63, 3.8) is 0 Å². The van der Waals surface area contributed by atoms with Crippen LogP contribution >= 0.6 is 0 Å². The predicted molar refractivity (Wildman–Crippen MR) is 357 cm³/mol. The number of rotatable bonds is 58. The Morgan fingerprint density at radius 1 is 0.256 bits per heavy atom. The van der Waals surface area contributed by atoms with Gasteiger partial charge in [-0.15, -0.1) is 0 Å². The first-order valence-corrected chi connectivity index (χ1v) is 33.1. The summed E-state index contributed by atoms with van der Waals surface area (Å²) in [5.41, 5.74) is 0. The van der Waals surface area contributed by atoms with E-state index in [4.69, 9.17) is 14.2 Å². The first kappa shape index (κ1) is 76.8. The van der Waals surface area contributed by atoms with Gasteiger partial charge in [-0.3, -0.25) is 14.4 Å². The van der Waals surface area contributed by atoms with Gasteiger partial charge in [-0.2, -0.15) is 0 Å². The molecule has 0 saturated heterocycles. The average molecular weight is 1130 g/mol. The SMILES string of the molecule is CC/C=C\C/C=C\C/C=C\C/C=C\C/C=C\C/C=C\C/C=C\CCCCCC(=O)OCC(COC(=O)CCCCCCCCC/C=C\CCCCCCCCC)OC(=O)CCCC/C=C\C/C=C\C/C=C\C/C=C\C/C=C\C/C=C\CC. The van der Waals surface area contributed by atoms with Crippen LogP contribution in [0.3, 0.4) is 0 Å². The second-order valence-corrected chi connectivity index (χ2v) is 21.3. The number of allylic oxidation sites excluding steroid dienone is 28. The third kappa shape index (κ3) is 65.6. The summed E-state index contributed by atoms with van der Waals surface area (Å²) in [6, 6.07) is 0. The lowest BCUT2D eigenvalue weighted by atomic mass is 10.1. The second-order valence-electron chi connectivity index (χ2n) is 21.3. The molecule has 0 fully saturated rings. The summed E-state index contributed by atoms with van der Waals surface area (Å²) in [5.74, 6) is -1.00. The monoisotopic (exact) mass is 1130 g/mol. The highest BCUT2D eigenvalue weighted by Crippen LogP contribution is 2.14. The van der Waals surface area contributed by atoms with Crippen molar-refractivity contribution in [2.75, 3.05) is 13.2 Å². The van der Waals surface area contributed by atoms with Crippen LogP contribution in [0.2, 0.25) is 0 Å². The third-order valence-corrected chi connectivity index (χ3v) is 13.4. The maximum absolute atomic E-state index is 12.9. The number of hydrogen-bond donors (Lipinski definition) is 0. The molecule has 0 heterocycles. The molecule has 0 radical (unpaired) electrons. The molecule has 82 heavy (non-hydrogen) atoms. The van der Waals surface area contributed by atoms with E-state index in [1.807, 2.05) is 0 Å². The zero-order chi connectivity index (χ0) is 59.2. The zero-order valence-electron chi connectivity index (χ0n) is 52.7. The van der Waals surface area contributed by atoms with Gasteiger partial charge in [-0.1, -0.05) is 268 Å². The summed E-state index contributed by atoms with van der Waals surface area (Å²) in [4.78, 5) is 38.4. The quantitative estimate of drug-likeness (QED) is 0.0261. The molecule has 0 aliphatic heterocycles. The lowest BCUT2D eigenvalue weighted by molar-refractivity contribution is -0.167. The average Bonchev–Trinajstić information content (AvgIpc) is 3.47. The van der Waals surface area contributed by atoms with Crippen molar-refractivity contribution in [1.82, 2.24) is 0 Å². The predicted octanol–water partition coefficient (Wildman–Crippen LogP) is 23.0. The molecule has 0 aromatic heterocycles. The molecule has 1 atom stereocenters. The molecule has 6 nitrogen and oxygen atoms in total. The van der Waals surface area contributed by atoms with Crippen molar-refractivity contribution in [1.29, 1.82) is 0 Å². The second kappa shape index (κ2) is 68.3. The van der Waals surface area contributed by atoms with Gasteiger partial charge >= 0.3 is 17.9 Å². The van der Waals surface area contributed by atoms with E-state index in [-0.39, 0.29) is 37.5 Å². The standard InChI is InChI=1S/C76H120O6/c1-4-7-10-13-16-19-22-25-28-31-34-36-37-38-39-41-42-45-48-51-54-57-60-63-66-69-75(78)81-72-73(71-80-74(77)68-65-62-59-56-53-50-47-44-33-30-27-24-21-18-15-12-9-6-3)82-76(79)70-67-64-61-58-55-52-49-46-43-40-35-32-29-26-23-20-17-14-11-8-5-2/h7-8,10-11,16-17,19-20,25-26,28-30,33-36,38-40,42,45-46,49,51,54-55,58,73H,4-6,9,12-15,18,21-24,27,31-32,37,41,43-44,47-48,50,52-53,56-57,59-72H2,1-3H3/b10-7-,11-8-,19-16-,20-17-,28-25-,29-26-,33-30-,36-34-,39-38-,40-35-,45-42-,49-46-,54-51-,58-55-. The van der Waals surface area contributed by atoms with Crippen molar-refractivity contribution >= 4 is 17.9 Å². The van der Waals surface area contributed by atoms with E-state index in [1.54, 1.807) is 0 Å². The van der Waals surface area contributed by atoms with E-state index in [1.165, 1.54) is 83.5 Å². The van der Waals surface area contributed by atoms with Gasteiger partial charge in [-0.25, -0.2) is 0 Å². The maximum Gasteiger partial charge on any atom is 0.306 e. The smallest absolute Gasteiger partial charge is 0.306 e. The van der Waals surface area contributed by atoms with Crippen molar-refractivity contribution in [3.8, 4) is 0 Å². The van der Waals surface area contributed by atoms with E-state index < -0.39 is 6.10 Å². The molecule has 460 valence electrons. The molecule has 0 bridgehead atoms. The summed E-state index contributed by atoms with van der Waals surface area (Å²) in [6.07, 6.45) is 101. The summed E-state index contributed by atoms with van der Waals surface area (Å²) in [7, 11) is 0. The van der Waals surface area contributed by atoms with Gasteiger partial charge in [0.25, 0.3) is 0 Å². The van der Waals surface area contributed by atoms with E-state index in [0.29, 0.717) is 19.3 Å². The van der Waals surface area contributed by atoms with E-state index in [2.05, 4.69) is 191 Å². The summed E-state index contributed by atoms with van der Waals surface area (Å²) >= 11 is 0. The van der Waals surface area contributed by atoms with E-state index >= 15 is 0 Å². The number of carbonyl (C=O) groups excluding carboxylic acids is 3. The molecule has 0 aromatic carbocycles. The largest absolute Gasteiger partial charge is 0.462 e. The van der Waals surface area contributed by atoms with E-state index in [9.17, 15) is 14.4 Å². The van der Waals surface area contributed by atoms with Crippen LogP contribution < -0.4 is 0 Å².